The lowest BCUT2D eigenvalue weighted by Crippen LogP contribution is -2.46. The Morgan fingerprint density at radius 3 is 3.00 bits per heavy atom. The van der Waals surface area contributed by atoms with Crippen LogP contribution in [0.4, 0.5) is 0 Å². The van der Waals surface area contributed by atoms with Gasteiger partial charge in [0.25, 0.3) is 5.91 Å². The van der Waals surface area contributed by atoms with Crippen LogP contribution in [0.2, 0.25) is 0 Å². The highest BCUT2D eigenvalue weighted by Crippen LogP contribution is 2.32. The van der Waals surface area contributed by atoms with Crippen LogP contribution in [0.25, 0.3) is 0 Å². The van der Waals surface area contributed by atoms with Crippen LogP contribution in [-0.2, 0) is 9.47 Å². The van der Waals surface area contributed by atoms with Crippen molar-refractivity contribution < 1.29 is 18.7 Å². The SMILES string of the molecule is CN(C)CCOC[C@H]1CC[C@H]2[C@H](CCN2C(=O)c2ccoc2)O1. The van der Waals surface area contributed by atoms with Crippen LogP contribution in [0.1, 0.15) is 29.6 Å². The first-order valence-corrected chi connectivity index (χ1v) is 8.36. The van der Waals surface area contributed by atoms with E-state index in [0.29, 0.717) is 12.2 Å². The molecule has 3 atom stereocenters. The number of likely N-dealkylation sites (N-methyl/N-ethyl adjacent to an activating group) is 1. The number of carbonyl (C=O) groups is 1. The second kappa shape index (κ2) is 7.47. The maximum absolute atomic E-state index is 12.5. The van der Waals surface area contributed by atoms with Gasteiger partial charge in [0.05, 0.1) is 43.3 Å². The summed E-state index contributed by atoms with van der Waals surface area (Å²) in [5.41, 5.74) is 0.625. The number of hydrogen-bond acceptors (Lipinski definition) is 5. The van der Waals surface area contributed by atoms with Crippen LogP contribution in [0.3, 0.4) is 0 Å². The molecule has 23 heavy (non-hydrogen) atoms. The first kappa shape index (κ1) is 16.5. The summed E-state index contributed by atoms with van der Waals surface area (Å²) in [6.45, 7) is 3.05. The smallest absolute Gasteiger partial charge is 0.257 e. The zero-order valence-electron chi connectivity index (χ0n) is 13.9. The monoisotopic (exact) mass is 322 g/mol. The van der Waals surface area contributed by atoms with E-state index >= 15 is 0 Å². The predicted molar refractivity (Wildman–Crippen MR) is 85.4 cm³/mol. The first-order valence-electron chi connectivity index (χ1n) is 8.36. The van der Waals surface area contributed by atoms with E-state index in [1.807, 2.05) is 19.0 Å². The maximum Gasteiger partial charge on any atom is 0.257 e. The largest absolute Gasteiger partial charge is 0.472 e. The number of carbonyl (C=O) groups excluding carboxylic acids is 1. The molecule has 0 radical (unpaired) electrons. The molecular formula is C17H26N2O4. The fourth-order valence-electron chi connectivity index (χ4n) is 3.39. The Morgan fingerprint density at radius 2 is 2.26 bits per heavy atom. The van der Waals surface area contributed by atoms with Crippen LogP contribution in [0.5, 0.6) is 0 Å². The van der Waals surface area contributed by atoms with E-state index in [2.05, 4.69) is 4.90 Å². The van der Waals surface area contributed by atoms with Gasteiger partial charge >= 0.3 is 0 Å². The summed E-state index contributed by atoms with van der Waals surface area (Å²) in [4.78, 5) is 16.5. The molecule has 0 N–H and O–H groups in total. The van der Waals surface area contributed by atoms with Gasteiger partial charge in [-0.15, -0.1) is 0 Å². The topological polar surface area (TPSA) is 55.2 Å². The summed E-state index contributed by atoms with van der Waals surface area (Å²) in [5, 5.41) is 0. The Labute approximate surface area is 137 Å². The molecule has 2 fully saturated rings. The predicted octanol–water partition coefficient (Wildman–Crippen LogP) is 1.62. The average molecular weight is 322 g/mol. The molecule has 2 aliphatic rings. The second-order valence-corrected chi connectivity index (χ2v) is 6.62. The Kier molecular flexibility index (Phi) is 5.35. The van der Waals surface area contributed by atoms with Crippen LogP contribution < -0.4 is 0 Å². The molecular weight excluding hydrogens is 296 g/mol. The Morgan fingerprint density at radius 1 is 1.39 bits per heavy atom. The molecule has 1 aromatic heterocycles. The van der Waals surface area contributed by atoms with E-state index in [-0.39, 0.29) is 24.2 Å². The van der Waals surface area contributed by atoms with E-state index in [4.69, 9.17) is 13.9 Å². The number of ether oxygens (including phenoxy) is 2. The molecule has 1 aromatic rings. The van der Waals surface area contributed by atoms with Crippen molar-refractivity contribution in [3.05, 3.63) is 24.2 Å². The molecule has 0 bridgehead atoms. The van der Waals surface area contributed by atoms with Gasteiger partial charge in [-0.05, 0) is 39.4 Å². The Bertz CT molecular complexity index is 503. The molecule has 0 saturated carbocycles. The lowest BCUT2D eigenvalue weighted by atomic mass is 9.99. The van der Waals surface area contributed by atoms with Gasteiger partial charge in [-0.1, -0.05) is 0 Å². The number of fused-ring (bicyclic) bond motifs is 1. The number of hydrogen-bond donors (Lipinski definition) is 0. The van der Waals surface area contributed by atoms with Crippen molar-refractivity contribution in [1.29, 1.82) is 0 Å². The lowest BCUT2D eigenvalue weighted by Gasteiger charge is -2.35. The third kappa shape index (κ3) is 3.94. The van der Waals surface area contributed by atoms with Crippen molar-refractivity contribution in [2.45, 2.75) is 37.5 Å². The lowest BCUT2D eigenvalue weighted by molar-refractivity contribution is -0.0969. The van der Waals surface area contributed by atoms with Gasteiger partial charge in [0.1, 0.15) is 6.26 Å². The highest BCUT2D eigenvalue weighted by Gasteiger charge is 2.42. The third-order valence-corrected chi connectivity index (χ3v) is 4.65. The summed E-state index contributed by atoms with van der Waals surface area (Å²) in [6, 6.07) is 1.91. The van der Waals surface area contributed by atoms with E-state index < -0.39 is 0 Å². The normalized spacial score (nSPS) is 27.4. The van der Waals surface area contributed by atoms with Crippen molar-refractivity contribution in [3.8, 4) is 0 Å². The molecule has 6 nitrogen and oxygen atoms in total. The highest BCUT2D eigenvalue weighted by atomic mass is 16.5. The zero-order valence-corrected chi connectivity index (χ0v) is 13.9. The number of likely N-dealkylation sites (tertiary alicyclic amines) is 1. The molecule has 0 aliphatic carbocycles. The minimum Gasteiger partial charge on any atom is -0.472 e. The van der Waals surface area contributed by atoms with Crippen molar-refractivity contribution >= 4 is 5.91 Å². The van der Waals surface area contributed by atoms with Crippen molar-refractivity contribution in [2.24, 2.45) is 0 Å². The molecule has 128 valence electrons. The molecule has 1 amide bonds. The van der Waals surface area contributed by atoms with Gasteiger partial charge in [-0.3, -0.25) is 4.79 Å². The van der Waals surface area contributed by atoms with E-state index in [0.717, 1.165) is 39.0 Å². The van der Waals surface area contributed by atoms with Crippen molar-refractivity contribution in [3.63, 3.8) is 0 Å². The third-order valence-electron chi connectivity index (χ3n) is 4.65. The van der Waals surface area contributed by atoms with Gasteiger partial charge in [0.15, 0.2) is 0 Å². The van der Waals surface area contributed by atoms with Crippen LogP contribution in [0.15, 0.2) is 23.0 Å². The number of nitrogens with zero attached hydrogens (tertiary/aromatic N) is 2. The molecule has 6 heteroatoms. The average Bonchev–Trinajstić information content (AvgIpc) is 3.19. The summed E-state index contributed by atoms with van der Waals surface area (Å²) >= 11 is 0. The fraction of sp³-hybridized carbons (Fsp3) is 0.706. The molecule has 2 aliphatic heterocycles. The number of furan rings is 1. The highest BCUT2D eigenvalue weighted by molar-refractivity contribution is 5.94. The van der Waals surface area contributed by atoms with Crippen molar-refractivity contribution in [1.82, 2.24) is 9.80 Å². The standard InChI is InChI=1S/C17H26N2O4/c1-18(2)8-10-22-12-14-3-4-15-16(23-14)5-7-19(15)17(20)13-6-9-21-11-13/h6,9,11,14-16H,3-5,7-8,10,12H2,1-2H3/t14-,15+,16+/m1/s1. The second-order valence-electron chi connectivity index (χ2n) is 6.62. The number of amides is 1. The number of rotatable bonds is 6. The van der Waals surface area contributed by atoms with E-state index in [1.165, 1.54) is 6.26 Å². The Hall–Kier alpha value is -1.37. The summed E-state index contributed by atoms with van der Waals surface area (Å²) in [6.07, 6.45) is 6.18. The van der Waals surface area contributed by atoms with Gasteiger partial charge in [0, 0.05) is 13.1 Å². The zero-order chi connectivity index (χ0) is 16.2. The first-order chi connectivity index (χ1) is 11.1. The molecule has 0 aromatic carbocycles. The van der Waals surface area contributed by atoms with E-state index in [9.17, 15) is 4.79 Å². The summed E-state index contributed by atoms with van der Waals surface area (Å²) in [5.74, 6) is 0.0514. The minimum absolute atomic E-state index is 0.0514. The molecule has 0 spiro atoms. The van der Waals surface area contributed by atoms with Crippen LogP contribution >= 0.6 is 0 Å². The summed E-state index contributed by atoms with van der Waals surface area (Å²) in [7, 11) is 4.07. The maximum atomic E-state index is 12.5. The van der Waals surface area contributed by atoms with Gasteiger partial charge in [0.2, 0.25) is 0 Å². The minimum atomic E-state index is 0.0514. The molecule has 3 heterocycles. The Balaban J connectivity index is 1.47. The van der Waals surface area contributed by atoms with Crippen LogP contribution in [-0.4, -0.2) is 74.4 Å². The quantitative estimate of drug-likeness (QED) is 0.745. The van der Waals surface area contributed by atoms with Gasteiger partial charge < -0.3 is 23.7 Å². The molecule has 0 unspecified atom stereocenters. The van der Waals surface area contributed by atoms with E-state index in [1.54, 1.807) is 12.3 Å². The molecule has 3 rings (SSSR count). The summed E-state index contributed by atoms with van der Waals surface area (Å²) < 4.78 is 16.9. The van der Waals surface area contributed by atoms with Gasteiger partial charge in [-0.2, -0.15) is 0 Å². The molecule has 2 saturated heterocycles. The fourth-order valence-corrected chi connectivity index (χ4v) is 3.39. The van der Waals surface area contributed by atoms with Gasteiger partial charge in [-0.25, -0.2) is 0 Å². The van der Waals surface area contributed by atoms with Crippen LogP contribution in [0, 0.1) is 0 Å². The van der Waals surface area contributed by atoms with Crippen molar-refractivity contribution in [2.75, 3.05) is 40.4 Å².